The van der Waals surface area contributed by atoms with E-state index < -0.39 is 5.82 Å². The molecule has 4 rings (SSSR count). The summed E-state index contributed by atoms with van der Waals surface area (Å²) >= 11 is 0. The molecule has 2 heterocycles. The number of nitrogens with zero attached hydrogens (tertiary/aromatic N) is 2. The van der Waals surface area contributed by atoms with Crippen LogP contribution in [0.3, 0.4) is 0 Å². The van der Waals surface area contributed by atoms with E-state index in [9.17, 15) is 9.50 Å². The number of hydrogen-bond acceptors (Lipinski definition) is 6. The van der Waals surface area contributed by atoms with E-state index in [0.717, 1.165) is 24.9 Å². The first kappa shape index (κ1) is 21.2. The van der Waals surface area contributed by atoms with E-state index in [4.69, 9.17) is 9.47 Å². The number of phenolic OH excluding ortho intramolecular Hbond substituents is 1. The molecule has 2 aromatic carbocycles. The van der Waals surface area contributed by atoms with Crippen molar-refractivity contribution in [2.24, 2.45) is 0 Å². The summed E-state index contributed by atoms with van der Waals surface area (Å²) in [5, 5.41) is 13.8. The van der Waals surface area contributed by atoms with Crippen molar-refractivity contribution in [3.8, 4) is 17.2 Å². The lowest BCUT2D eigenvalue weighted by molar-refractivity contribution is 0.0382. The largest absolute Gasteiger partial charge is 0.508 e. The van der Waals surface area contributed by atoms with Crippen molar-refractivity contribution < 1.29 is 19.0 Å². The highest BCUT2D eigenvalue weighted by atomic mass is 19.1. The van der Waals surface area contributed by atoms with Crippen LogP contribution in [0.5, 0.6) is 17.2 Å². The molecule has 1 aliphatic rings. The first-order valence-electron chi connectivity index (χ1n) is 10.6. The number of likely N-dealkylation sites (tertiary alicyclic amines) is 1. The molecule has 164 valence electrons. The second kappa shape index (κ2) is 8.98. The molecule has 0 bridgehead atoms. The molecule has 0 saturated carbocycles. The molecule has 1 atom stereocenters. The van der Waals surface area contributed by atoms with Crippen LogP contribution in [0.25, 0.3) is 10.9 Å². The van der Waals surface area contributed by atoms with E-state index in [1.54, 1.807) is 26.3 Å². The number of halogens is 1. The van der Waals surface area contributed by atoms with Gasteiger partial charge in [-0.15, -0.1) is 0 Å². The second-order valence-corrected chi connectivity index (χ2v) is 7.85. The summed E-state index contributed by atoms with van der Waals surface area (Å²) in [6, 6.07) is 8.16. The number of aryl methyl sites for hydroxylation is 1. The normalized spacial score (nSPS) is 15.2. The number of aromatic nitrogens is 1. The maximum absolute atomic E-state index is 14.4. The fourth-order valence-corrected chi connectivity index (χ4v) is 4.01. The number of ether oxygens (including phenoxy) is 2. The number of aromatic hydroxyl groups is 1. The minimum Gasteiger partial charge on any atom is -0.508 e. The van der Waals surface area contributed by atoms with Crippen LogP contribution in [0.15, 0.2) is 36.5 Å². The van der Waals surface area contributed by atoms with Gasteiger partial charge < -0.3 is 19.9 Å². The number of hydrogen-bond donors (Lipinski definition) is 2. The molecule has 3 aromatic rings. The smallest absolute Gasteiger partial charge is 0.165 e. The van der Waals surface area contributed by atoms with Crippen LogP contribution in [-0.2, 0) is 0 Å². The lowest BCUT2D eigenvalue weighted by Gasteiger charge is -2.28. The zero-order valence-corrected chi connectivity index (χ0v) is 18.1. The Morgan fingerprint density at radius 3 is 2.65 bits per heavy atom. The number of anilines is 2. The van der Waals surface area contributed by atoms with Gasteiger partial charge in [0.2, 0.25) is 0 Å². The summed E-state index contributed by atoms with van der Waals surface area (Å²) in [4.78, 5) is 6.82. The van der Waals surface area contributed by atoms with E-state index in [0.29, 0.717) is 28.3 Å². The van der Waals surface area contributed by atoms with Crippen LogP contribution in [-0.4, -0.2) is 41.4 Å². The van der Waals surface area contributed by atoms with Gasteiger partial charge in [0.25, 0.3) is 0 Å². The molecule has 1 fully saturated rings. The SMILES string of the molecule is CCC(Oc1cc2nccc(Nc3cc(O)c(C)cc3F)c2cc1OC)N1CCCC1. The van der Waals surface area contributed by atoms with Crippen LogP contribution in [0.2, 0.25) is 0 Å². The van der Waals surface area contributed by atoms with E-state index in [1.165, 1.54) is 25.0 Å². The van der Waals surface area contributed by atoms with Crippen molar-refractivity contribution in [3.63, 3.8) is 0 Å². The third-order valence-electron chi connectivity index (χ3n) is 5.74. The Balaban J connectivity index is 1.69. The highest BCUT2D eigenvalue weighted by Crippen LogP contribution is 2.37. The maximum atomic E-state index is 14.4. The minimum absolute atomic E-state index is 0.0141. The molecular formula is C24H28FN3O3. The highest BCUT2D eigenvalue weighted by Gasteiger charge is 2.23. The quantitative estimate of drug-likeness (QED) is 0.532. The molecule has 31 heavy (non-hydrogen) atoms. The minimum atomic E-state index is -0.441. The Morgan fingerprint density at radius 2 is 1.94 bits per heavy atom. The summed E-state index contributed by atoms with van der Waals surface area (Å²) in [6.07, 6.45) is 4.89. The maximum Gasteiger partial charge on any atom is 0.165 e. The van der Waals surface area contributed by atoms with Crippen molar-refractivity contribution in [3.05, 3.63) is 47.9 Å². The molecule has 1 unspecified atom stereocenters. The van der Waals surface area contributed by atoms with Crippen LogP contribution in [0.4, 0.5) is 15.8 Å². The van der Waals surface area contributed by atoms with E-state index in [-0.39, 0.29) is 17.7 Å². The Hall–Kier alpha value is -3.06. The van der Waals surface area contributed by atoms with Crippen LogP contribution in [0, 0.1) is 12.7 Å². The highest BCUT2D eigenvalue weighted by molar-refractivity contribution is 5.95. The number of nitrogens with one attached hydrogen (secondary N) is 1. The molecule has 7 heteroatoms. The van der Waals surface area contributed by atoms with Crippen molar-refractivity contribution in [2.75, 3.05) is 25.5 Å². The Labute approximate surface area is 181 Å². The van der Waals surface area contributed by atoms with E-state index >= 15 is 0 Å². The molecule has 6 nitrogen and oxygen atoms in total. The zero-order valence-electron chi connectivity index (χ0n) is 18.1. The van der Waals surface area contributed by atoms with Gasteiger partial charge in [-0.2, -0.15) is 0 Å². The van der Waals surface area contributed by atoms with Gasteiger partial charge in [0.15, 0.2) is 17.7 Å². The van der Waals surface area contributed by atoms with Crippen molar-refractivity contribution >= 4 is 22.3 Å². The predicted molar refractivity (Wildman–Crippen MR) is 120 cm³/mol. The average molecular weight is 426 g/mol. The van der Waals surface area contributed by atoms with Gasteiger partial charge in [0, 0.05) is 42.5 Å². The number of fused-ring (bicyclic) bond motifs is 1. The monoisotopic (exact) mass is 425 g/mol. The summed E-state index contributed by atoms with van der Waals surface area (Å²) < 4.78 is 26.4. The topological polar surface area (TPSA) is 66.8 Å². The summed E-state index contributed by atoms with van der Waals surface area (Å²) in [5.41, 5.74) is 2.03. The van der Waals surface area contributed by atoms with Gasteiger partial charge >= 0.3 is 0 Å². The van der Waals surface area contributed by atoms with Gasteiger partial charge in [-0.05, 0) is 49.9 Å². The first-order chi connectivity index (χ1) is 15.0. The van der Waals surface area contributed by atoms with Gasteiger partial charge in [-0.3, -0.25) is 9.88 Å². The van der Waals surface area contributed by atoms with E-state index in [1.807, 2.05) is 12.1 Å². The van der Waals surface area contributed by atoms with Crippen LogP contribution >= 0.6 is 0 Å². The van der Waals surface area contributed by atoms with Crippen LogP contribution in [0.1, 0.15) is 31.7 Å². The number of phenols is 1. The van der Waals surface area contributed by atoms with Crippen molar-refractivity contribution in [1.29, 1.82) is 0 Å². The van der Waals surface area contributed by atoms with Gasteiger partial charge in [-0.1, -0.05) is 6.92 Å². The Kier molecular flexibility index (Phi) is 6.13. The molecule has 0 amide bonds. The Bertz CT molecular complexity index is 1080. The number of pyridine rings is 1. The lowest BCUT2D eigenvalue weighted by atomic mass is 10.1. The molecule has 0 radical (unpaired) electrons. The fourth-order valence-electron chi connectivity index (χ4n) is 4.01. The van der Waals surface area contributed by atoms with E-state index in [2.05, 4.69) is 22.1 Å². The van der Waals surface area contributed by atoms with Crippen LogP contribution < -0.4 is 14.8 Å². The molecule has 1 saturated heterocycles. The zero-order chi connectivity index (χ0) is 22.0. The van der Waals surface area contributed by atoms with Gasteiger partial charge in [0.05, 0.1) is 18.3 Å². The summed E-state index contributed by atoms with van der Waals surface area (Å²) in [6.45, 7) is 5.84. The van der Waals surface area contributed by atoms with Crippen molar-refractivity contribution in [2.45, 2.75) is 39.3 Å². The molecule has 0 spiro atoms. The summed E-state index contributed by atoms with van der Waals surface area (Å²) in [5.74, 6) is 0.817. The third kappa shape index (κ3) is 4.37. The van der Waals surface area contributed by atoms with Crippen molar-refractivity contribution in [1.82, 2.24) is 9.88 Å². The first-order valence-corrected chi connectivity index (χ1v) is 10.6. The average Bonchev–Trinajstić information content (AvgIpc) is 3.30. The Morgan fingerprint density at radius 1 is 1.16 bits per heavy atom. The van der Waals surface area contributed by atoms with Gasteiger partial charge in [-0.25, -0.2) is 4.39 Å². The second-order valence-electron chi connectivity index (χ2n) is 7.85. The third-order valence-corrected chi connectivity index (χ3v) is 5.74. The molecule has 1 aliphatic heterocycles. The summed E-state index contributed by atoms with van der Waals surface area (Å²) in [7, 11) is 1.60. The lowest BCUT2D eigenvalue weighted by Crippen LogP contribution is -2.36. The standard InChI is InChI=1S/C24H28FN3O3/c1-4-24(28-9-5-6-10-28)31-23-14-19-16(12-22(23)30-3)18(7-8-26-19)27-20-13-21(29)15(2)11-17(20)25/h7-8,11-14,24,29H,4-6,9-10H2,1-3H3,(H,26,27). The number of rotatable bonds is 7. The molecule has 0 aliphatic carbocycles. The van der Waals surface area contributed by atoms with Gasteiger partial charge in [0.1, 0.15) is 11.6 Å². The molecule has 1 aromatic heterocycles. The molecule has 2 N–H and O–H groups in total. The molecular weight excluding hydrogens is 397 g/mol. The predicted octanol–water partition coefficient (Wildman–Crippen LogP) is 5.35. The fraction of sp³-hybridized carbons (Fsp3) is 0.375. The number of methoxy groups -OCH3 is 1. The number of benzene rings is 2.